The second kappa shape index (κ2) is 6.87. The second-order valence-electron chi connectivity index (χ2n) is 4.92. The van der Waals surface area contributed by atoms with E-state index in [-0.39, 0.29) is 17.2 Å². The van der Waals surface area contributed by atoms with Gasteiger partial charge in [0.15, 0.2) is 0 Å². The molecule has 0 spiro atoms. The van der Waals surface area contributed by atoms with E-state index >= 15 is 0 Å². The standard InChI is InChI=1S/C16H19NO4S/c1-5-10(2)17-15(18)14(22-16(17)19)8-11-6-7-12(20-3)9-13(11)21-4/h6-10H,5H2,1-4H3/b14-8+/t10-/m0/s1. The molecular weight excluding hydrogens is 302 g/mol. The Kier molecular flexibility index (Phi) is 5.13. The lowest BCUT2D eigenvalue weighted by atomic mass is 10.1. The summed E-state index contributed by atoms with van der Waals surface area (Å²) in [4.78, 5) is 26.1. The molecule has 0 unspecified atom stereocenters. The van der Waals surface area contributed by atoms with Gasteiger partial charge in [-0.15, -0.1) is 0 Å². The van der Waals surface area contributed by atoms with Crippen molar-refractivity contribution in [2.24, 2.45) is 0 Å². The van der Waals surface area contributed by atoms with Crippen molar-refractivity contribution in [3.63, 3.8) is 0 Å². The van der Waals surface area contributed by atoms with Gasteiger partial charge in [-0.1, -0.05) is 6.92 Å². The Morgan fingerprint density at radius 1 is 1.27 bits per heavy atom. The van der Waals surface area contributed by atoms with Crippen molar-refractivity contribution in [2.75, 3.05) is 14.2 Å². The summed E-state index contributed by atoms with van der Waals surface area (Å²) in [6.07, 6.45) is 2.42. The normalized spacial score (nSPS) is 18.0. The Hall–Kier alpha value is -1.95. The van der Waals surface area contributed by atoms with E-state index in [2.05, 4.69) is 0 Å². The molecule has 1 aliphatic rings. The Balaban J connectivity index is 2.34. The molecule has 118 valence electrons. The number of methoxy groups -OCH3 is 2. The van der Waals surface area contributed by atoms with E-state index in [1.807, 2.05) is 13.8 Å². The van der Waals surface area contributed by atoms with Gasteiger partial charge in [-0.2, -0.15) is 0 Å². The summed E-state index contributed by atoms with van der Waals surface area (Å²) in [5.74, 6) is 1.01. The lowest BCUT2D eigenvalue weighted by molar-refractivity contribution is -0.124. The third-order valence-electron chi connectivity index (χ3n) is 3.58. The van der Waals surface area contributed by atoms with Gasteiger partial charge in [0.1, 0.15) is 11.5 Å². The van der Waals surface area contributed by atoms with E-state index in [0.717, 1.165) is 23.7 Å². The number of hydrogen-bond acceptors (Lipinski definition) is 5. The van der Waals surface area contributed by atoms with Crippen LogP contribution in [0.2, 0.25) is 0 Å². The highest BCUT2D eigenvalue weighted by molar-refractivity contribution is 8.18. The lowest BCUT2D eigenvalue weighted by Crippen LogP contribution is -2.36. The van der Waals surface area contributed by atoms with Gasteiger partial charge in [-0.25, -0.2) is 0 Å². The number of hydrogen-bond donors (Lipinski definition) is 0. The number of benzene rings is 1. The molecule has 1 aromatic rings. The van der Waals surface area contributed by atoms with E-state index < -0.39 is 0 Å². The highest BCUT2D eigenvalue weighted by Gasteiger charge is 2.37. The summed E-state index contributed by atoms with van der Waals surface area (Å²) in [5.41, 5.74) is 0.734. The quantitative estimate of drug-likeness (QED) is 0.776. The van der Waals surface area contributed by atoms with Gasteiger partial charge < -0.3 is 9.47 Å². The molecule has 0 bridgehead atoms. The number of thioether (sulfide) groups is 1. The van der Waals surface area contributed by atoms with Gasteiger partial charge in [0.05, 0.1) is 19.1 Å². The summed E-state index contributed by atoms with van der Waals surface area (Å²) < 4.78 is 10.5. The molecule has 1 aromatic carbocycles. The minimum Gasteiger partial charge on any atom is -0.497 e. The maximum Gasteiger partial charge on any atom is 0.293 e. The second-order valence-corrected chi connectivity index (χ2v) is 5.91. The average molecular weight is 321 g/mol. The number of imide groups is 1. The van der Waals surface area contributed by atoms with E-state index in [1.54, 1.807) is 38.5 Å². The van der Waals surface area contributed by atoms with Crippen LogP contribution in [0.1, 0.15) is 25.8 Å². The molecule has 1 heterocycles. The first-order valence-electron chi connectivity index (χ1n) is 7.00. The third-order valence-corrected chi connectivity index (χ3v) is 4.47. The Bertz CT molecular complexity index is 627. The van der Waals surface area contributed by atoms with E-state index in [1.165, 1.54) is 4.90 Å². The predicted octanol–water partition coefficient (Wildman–Crippen LogP) is 3.54. The van der Waals surface area contributed by atoms with E-state index in [4.69, 9.17) is 9.47 Å². The monoisotopic (exact) mass is 321 g/mol. The van der Waals surface area contributed by atoms with Crippen LogP contribution in [-0.4, -0.2) is 36.3 Å². The third kappa shape index (κ3) is 3.11. The van der Waals surface area contributed by atoms with E-state index in [0.29, 0.717) is 16.4 Å². The van der Waals surface area contributed by atoms with Crippen LogP contribution in [0.3, 0.4) is 0 Å². The minimum absolute atomic E-state index is 0.101. The van der Waals surface area contributed by atoms with Gasteiger partial charge in [0.2, 0.25) is 0 Å². The molecule has 0 N–H and O–H groups in total. The van der Waals surface area contributed by atoms with Gasteiger partial charge in [0.25, 0.3) is 11.1 Å². The molecule has 5 nitrogen and oxygen atoms in total. The van der Waals surface area contributed by atoms with Crippen LogP contribution in [-0.2, 0) is 4.79 Å². The zero-order valence-corrected chi connectivity index (χ0v) is 13.9. The molecule has 1 fully saturated rings. The maximum atomic E-state index is 12.4. The smallest absolute Gasteiger partial charge is 0.293 e. The van der Waals surface area contributed by atoms with Crippen molar-refractivity contribution in [1.82, 2.24) is 4.90 Å². The molecule has 0 radical (unpaired) electrons. The summed E-state index contributed by atoms with van der Waals surface area (Å²) in [6, 6.07) is 5.23. The Labute approximate surface area is 134 Å². The largest absolute Gasteiger partial charge is 0.497 e. The van der Waals surface area contributed by atoms with Crippen molar-refractivity contribution in [3.8, 4) is 11.5 Å². The molecule has 2 amide bonds. The zero-order valence-electron chi connectivity index (χ0n) is 13.1. The maximum absolute atomic E-state index is 12.4. The number of rotatable bonds is 5. The van der Waals surface area contributed by atoms with Gasteiger partial charge in [-0.3, -0.25) is 14.5 Å². The fourth-order valence-corrected chi connectivity index (χ4v) is 3.04. The van der Waals surface area contributed by atoms with Crippen LogP contribution in [0.25, 0.3) is 6.08 Å². The molecule has 0 aromatic heterocycles. The number of nitrogens with zero attached hydrogens (tertiary/aromatic N) is 1. The summed E-state index contributed by atoms with van der Waals surface area (Å²) in [7, 11) is 3.13. The molecule has 6 heteroatoms. The number of carbonyl (C=O) groups excluding carboxylic acids is 2. The molecule has 2 rings (SSSR count). The first-order chi connectivity index (χ1) is 10.5. The molecular formula is C16H19NO4S. The van der Waals surface area contributed by atoms with Crippen LogP contribution in [0.15, 0.2) is 23.1 Å². The van der Waals surface area contributed by atoms with Gasteiger partial charge in [-0.05, 0) is 43.3 Å². The van der Waals surface area contributed by atoms with Crippen LogP contribution >= 0.6 is 11.8 Å². The summed E-state index contributed by atoms with van der Waals surface area (Å²) in [5, 5.41) is -0.224. The van der Waals surface area contributed by atoms with Gasteiger partial charge >= 0.3 is 0 Å². The molecule has 22 heavy (non-hydrogen) atoms. The number of amides is 2. The van der Waals surface area contributed by atoms with Crippen molar-refractivity contribution in [1.29, 1.82) is 0 Å². The lowest BCUT2D eigenvalue weighted by Gasteiger charge is -2.19. The van der Waals surface area contributed by atoms with Crippen molar-refractivity contribution >= 4 is 29.0 Å². The number of carbonyl (C=O) groups is 2. The first kappa shape index (κ1) is 16.4. The van der Waals surface area contributed by atoms with Crippen LogP contribution in [0.5, 0.6) is 11.5 Å². The predicted molar refractivity (Wildman–Crippen MR) is 87.1 cm³/mol. The molecule has 1 aliphatic heterocycles. The SMILES string of the molecule is CC[C@H](C)N1C(=O)S/C(=C/c2ccc(OC)cc2OC)C1=O. The van der Waals surface area contributed by atoms with Crippen molar-refractivity contribution in [3.05, 3.63) is 28.7 Å². The topological polar surface area (TPSA) is 55.8 Å². The zero-order chi connectivity index (χ0) is 16.3. The molecule has 0 saturated carbocycles. The summed E-state index contributed by atoms with van der Waals surface area (Å²) in [6.45, 7) is 3.82. The Morgan fingerprint density at radius 3 is 2.59 bits per heavy atom. The van der Waals surface area contributed by atoms with Crippen LogP contribution < -0.4 is 9.47 Å². The number of ether oxygens (including phenoxy) is 2. The Morgan fingerprint density at radius 2 is 2.00 bits per heavy atom. The van der Waals surface area contributed by atoms with Crippen molar-refractivity contribution < 1.29 is 19.1 Å². The van der Waals surface area contributed by atoms with Gasteiger partial charge in [0, 0.05) is 17.7 Å². The van der Waals surface area contributed by atoms with E-state index in [9.17, 15) is 9.59 Å². The molecule has 1 atom stereocenters. The average Bonchev–Trinajstić information content (AvgIpc) is 2.81. The highest BCUT2D eigenvalue weighted by Crippen LogP contribution is 2.36. The highest BCUT2D eigenvalue weighted by atomic mass is 32.2. The van der Waals surface area contributed by atoms with Crippen LogP contribution in [0.4, 0.5) is 4.79 Å². The summed E-state index contributed by atoms with van der Waals surface area (Å²) >= 11 is 0.961. The minimum atomic E-state index is -0.248. The first-order valence-corrected chi connectivity index (χ1v) is 7.82. The fraction of sp³-hybridized carbons (Fsp3) is 0.375. The van der Waals surface area contributed by atoms with Crippen LogP contribution in [0, 0.1) is 0 Å². The fourth-order valence-electron chi connectivity index (χ4n) is 2.12. The van der Waals surface area contributed by atoms with Crippen molar-refractivity contribution in [2.45, 2.75) is 26.3 Å². The molecule has 1 saturated heterocycles. The molecule has 0 aliphatic carbocycles.